The number of fused-ring (bicyclic) bond motifs is 1. The molecule has 4 heterocycles. The highest BCUT2D eigenvalue weighted by atomic mass is 16.5. The van der Waals surface area contributed by atoms with Crippen molar-refractivity contribution in [2.24, 2.45) is 5.92 Å². The minimum Gasteiger partial charge on any atom is -0.364 e. The van der Waals surface area contributed by atoms with Crippen LogP contribution in [-0.4, -0.2) is 50.9 Å². The smallest absolute Gasteiger partial charge is 0.253 e. The predicted molar refractivity (Wildman–Crippen MR) is 102 cm³/mol. The van der Waals surface area contributed by atoms with Gasteiger partial charge in [-0.05, 0) is 51.3 Å². The first kappa shape index (κ1) is 18.1. The number of carbonyl (C=O) groups excluding carboxylic acids is 1. The maximum absolute atomic E-state index is 12.6. The first-order chi connectivity index (χ1) is 13.1. The number of hydrogen-bond acceptors (Lipinski definition) is 5. The van der Waals surface area contributed by atoms with E-state index < -0.39 is 0 Å². The third kappa shape index (κ3) is 4.04. The molecule has 0 radical (unpaired) electrons. The first-order valence-corrected chi connectivity index (χ1v) is 9.74. The third-order valence-electron chi connectivity index (χ3n) is 5.61. The molecule has 2 aliphatic heterocycles. The Morgan fingerprint density at radius 1 is 1.44 bits per heavy atom. The quantitative estimate of drug-likeness (QED) is 0.875. The molecule has 2 saturated heterocycles. The molecule has 4 rings (SSSR count). The Balaban J connectivity index is 1.33. The number of amides is 1. The van der Waals surface area contributed by atoms with Gasteiger partial charge in [-0.25, -0.2) is 0 Å². The summed E-state index contributed by atoms with van der Waals surface area (Å²) in [5.41, 5.74) is 2.81. The van der Waals surface area contributed by atoms with Gasteiger partial charge in [-0.2, -0.15) is 5.10 Å². The zero-order valence-corrected chi connectivity index (χ0v) is 16.0. The normalized spacial score (nSPS) is 25.3. The second kappa shape index (κ2) is 7.78. The molecule has 2 fully saturated rings. The predicted octanol–water partition coefficient (Wildman–Crippen LogP) is 2.22. The van der Waals surface area contributed by atoms with Gasteiger partial charge in [0.1, 0.15) is 6.10 Å². The van der Waals surface area contributed by atoms with Crippen LogP contribution in [0.1, 0.15) is 31.0 Å². The number of carbonyl (C=O) groups is 1. The van der Waals surface area contributed by atoms with E-state index in [4.69, 9.17) is 4.74 Å². The Morgan fingerprint density at radius 3 is 3.11 bits per heavy atom. The number of anilines is 1. The molecule has 1 amide bonds. The molecule has 0 aromatic carbocycles. The van der Waals surface area contributed by atoms with E-state index >= 15 is 0 Å². The second-order valence-corrected chi connectivity index (χ2v) is 7.51. The molecular formula is C20H27N5O2. The second-order valence-electron chi connectivity index (χ2n) is 7.51. The van der Waals surface area contributed by atoms with Crippen LogP contribution in [0, 0.1) is 12.8 Å². The lowest BCUT2D eigenvalue weighted by Gasteiger charge is -2.33. The van der Waals surface area contributed by atoms with Gasteiger partial charge >= 0.3 is 0 Å². The number of aromatic nitrogens is 3. The summed E-state index contributed by atoms with van der Waals surface area (Å²) in [6, 6.07) is 3.71. The van der Waals surface area contributed by atoms with E-state index in [1.165, 1.54) is 5.56 Å². The van der Waals surface area contributed by atoms with Crippen LogP contribution in [0.15, 0.2) is 30.7 Å². The summed E-state index contributed by atoms with van der Waals surface area (Å²) in [5.74, 6) is 0.404. The molecule has 7 nitrogen and oxygen atoms in total. The number of likely N-dealkylation sites (tertiary alicyclic amines) is 1. The maximum atomic E-state index is 12.6. The Kier molecular flexibility index (Phi) is 5.22. The summed E-state index contributed by atoms with van der Waals surface area (Å²) in [6.45, 7) is 7.67. The van der Waals surface area contributed by atoms with Crippen LogP contribution >= 0.6 is 0 Å². The van der Waals surface area contributed by atoms with Gasteiger partial charge in [0.15, 0.2) is 0 Å². The molecule has 2 aromatic rings. The van der Waals surface area contributed by atoms with Crippen LogP contribution in [0.4, 0.5) is 5.69 Å². The van der Waals surface area contributed by atoms with Crippen molar-refractivity contribution in [2.75, 3.05) is 18.4 Å². The SMILES string of the molecule is CCn1cc(CN2CC[C@H]3C[C@H](C(=O)Nc4cccnc4C)O[C@@H]3C2)cn1. The highest BCUT2D eigenvalue weighted by Crippen LogP contribution is 2.34. The van der Waals surface area contributed by atoms with Gasteiger partial charge in [0.25, 0.3) is 5.91 Å². The van der Waals surface area contributed by atoms with Crippen molar-refractivity contribution in [3.05, 3.63) is 42.0 Å². The molecule has 1 N–H and O–H groups in total. The highest BCUT2D eigenvalue weighted by Gasteiger charge is 2.41. The van der Waals surface area contributed by atoms with Gasteiger partial charge in [-0.15, -0.1) is 0 Å². The fourth-order valence-corrected chi connectivity index (χ4v) is 4.06. The third-order valence-corrected chi connectivity index (χ3v) is 5.61. The lowest BCUT2D eigenvalue weighted by atomic mass is 9.91. The van der Waals surface area contributed by atoms with E-state index in [0.717, 1.165) is 50.4 Å². The van der Waals surface area contributed by atoms with Crippen molar-refractivity contribution >= 4 is 11.6 Å². The lowest BCUT2D eigenvalue weighted by Crippen LogP contribution is -2.41. The van der Waals surface area contributed by atoms with Crippen molar-refractivity contribution in [1.29, 1.82) is 0 Å². The van der Waals surface area contributed by atoms with E-state index in [2.05, 4.69) is 33.4 Å². The largest absolute Gasteiger partial charge is 0.364 e. The number of ether oxygens (including phenoxy) is 1. The molecule has 144 valence electrons. The van der Waals surface area contributed by atoms with E-state index in [-0.39, 0.29) is 18.1 Å². The number of aryl methyl sites for hydroxylation is 2. The monoisotopic (exact) mass is 369 g/mol. The van der Waals surface area contributed by atoms with Gasteiger partial charge in [0.05, 0.1) is 23.7 Å². The van der Waals surface area contributed by atoms with E-state index in [9.17, 15) is 4.79 Å². The zero-order chi connectivity index (χ0) is 18.8. The molecule has 7 heteroatoms. The van der Waals surface area contributed by atoms with E-state index in [1.54, 1.807) is 6.20 Å². The summed E-state index contributed by atoms with van der Waals surface area (Å²) < 4.78 is 8.09. The number of piperidine rings is 1. The average Bonchev–Trinajstić information content (AvgIpc) is 3.30. The lowest BCUT2D eigenvalue weighted by molar-refractivity contribution is -0.127. The molecule has 27 heavy (non-hydrogen) atoms. The number of nitrogens with one attached hydrogen (secondary N) is 1. The summed E-state index contributed by atoms with van der Waals surface area (Å²) >= 11 is 0. The highest BCUT2D eigenvalue weighted by molar-refractivity contribution is 5.94. The summed E-state index contributed by atoms with van der Waals surface area (Å²) in [5, 5.41) is 7.32. The summed E-state index contributed by atoms with van der Waals surface area (Å²) in [7, 11) is 0. The van der Waals surface area contributed by atoms with Crippen molar-refractivity contribution in [3.8, 4) is 0 Å². The number of hydrogen-bond donors (Lipinski definition) is 1. The number of rotatable bonds is 5. The Morgan fingerprint density at radius 2 is 2.33 bits per heavy atom. The van der Waals surface area contributed by atoms with Gasteiger partial charge in [0, 0.05) is 37.6 Å². The maximum Gasteiger partial charge on any atom is 0.253 e. The molecule has 2 aromatic heterocycles. The van der Waals surface area contributed by atoms with Crippen LogP contribution in [0.25, 0.3) is 0 Å². The van der Waals surface area contributed by atoms with Crippen LogP contribution in [0.2, 0.25) is 0 Å². The molecule has 0 aliphatic carbocycles. The fraction of sp³-hybridized carbons (Fsp3) is 0.550. The molecule has 0 saturated carbocycles. The minimum absolute atomic E-state index is 0.0590. The van der Waals surface area contributed by atoms with Crippen LogP contribution in [0.3, 0.4) is 0 Å². The Bertz CT molecular complexity index is 805. The summed E-state index contributed by atoms with van der Waals surface area (Å²) in [6.07, 6.45) is 7.41. The van der Waals surface area contributed by atoms with E-state index in [0.29, 0.717) is 5.92 Å². The van der Waals surface area contributed by atoms with Crippen LogP contribution in [-0.2, 0) is 22.6 Å². The van der Waals surface area contributed by atoms with Gasteiger partial charge in [-0.1, -0.05) is 0 Å². The van der Waals surface area contributed by atoms with E-state index in [1.807, 2.05) is 29.9 Å². The van der Waals surface area contributed by atoms with Crippen LogP contribution in [0.5, 0.6) is 0 Å². The standard InChI is InChI=1S/C20H27N5O2/c1-3-25-12-15(10-22-25)11-24-8-6-16-9-18(27-19(16)13-24)20(26)23-17-5-4-7-21-14(17)2/h4-5,7,10,12,16,18-19H,3,6,8-9,11,13H2,1-2H3,(H,23,26)/t16-,18+,19+/m0/s1. The van der Waals surface area contributed by atoms with Crippen molar-refractivity contribution in [3.63, 3.8) is 0 Å². The average molecular weight is 369 g/mol. The molecule has 0 bridgehead atoms. The van der Waals surface area contributed by atoms with Crippen molar-refractivity contribution in [2.45, 2.75) is 52.0 Å². The molecule has 0 unspecified atom stereocenters. The topological polar surface area (TPSA) is 72.3 Å². The molecule has 3 atom stereocenters. The number of nitrogens with zero attached hydrogens (tertiary/aromatic N) is 4. The zero-order valence-electron chi connectivity index (χ0n) is 16.0. The van der Waals surface area contributed by atoms with Crippen molar-refractivity contribution in [1.82, 2.24) is 19.7 Å². The minimum atomic E-state index is -0.373. The van der Waals surface area contributed by atoms with Gasteiger partial charge in [0.2, 0.25) is 0 Å². The Labute approximate surface area is 159 Å². The van der Waals surface area contributed by atoms with Gasteiger partial charge < -0.3 is 10.1 Å². The fourth-order valence-electron chi connectivity index (χ4n) is 4.06. The van der Waals surface area contributed by atoms with Crippen molar-refractivity contribution < 1.29 is 9.53 Å². The summed E-state index contributed by atoms with van der Waals surface area (Å²) in [4.78, 5) is 19.3. The van der Waals surface area contributed by atoms with Gasteiger partial charge in [-0.3, -0.25) is 19.4 Å². The molecule has 0 spiro atoms. The molecular weight excluding hydrogens is 342 g/mol. The number of pyridine rings is 1. The van der Waals surface area contributed by atoms with Crippen LogP contribution < -0.4 is 5.32 Å². The first-order valence-electron chi connectivity index (χ1n) is 9.74. The molecule has 2 aliphatic rings. The Hall–Kier alpha value is -2.25.